The number of aromatic nitrogens is 2. The summed E-state index contributed by atoms with van der Waals surface area (Å²) in [6.45, 7) is 8.23. The normalized spacial score (nSPS) is 18.7. The molecule has 1 unspecified atom stereocenters. The number of aryl methyl sites for hydroxylation is 2. The number of carbonyl (C=O) groups is 3. The number of hydrogen-bond acceptors (Lipinski definition) is 5. The molecule has 0 fully saturated rings. The molecule has 2 aliphatic rings. The lowest BCUT2D eigenvalue weighted by Crippen LogP contribution is -2.40. The van der Waals surface area contributed by atoms with Crippen molar-refractivity contribution < 1.29 is 19.1 Å². The van der Waals surface area contributed by atoms with Gasteiger partial charge in [-0.3, -0.25) is 19.1 Å². The SMILES string of the molecule is Cc1cc(Cl)ccc1OCC(=O)N1CCCNC(=O)c2nn(CCC(C)C)c3c2CC(CC3)NC(=O)CCC1. The maximum absolute atomic E-state index is 13.2. The van der Waals surface area contributed by atoms with Gasteiger partial charge in [0.05, 0.1) is 0 Å². The van der Waals surface area contributed by atoms with E-state index in [0.29, 0.717) is 67.7 Å². The Hall–Kier alpha value is -3.07. The molecule has 1 aliphatic heterocycles. The van der Waals surface area contributed by atoms with Crippen LogP contribution >= 0.6 is 11.6 Å². The minimum Gasteiger partial charge on any atom is -0.483 e. The number of ether oxygens (including phenoxy) is 1. The van der Waals surface area contributed by atoms with Gasteiger partial charge in [0, 0.05) is 54.9 Å². The Balaban J connectivity index is 1.44. The summed E-state index contributed by atoms with van der Waals surface area (Å²) in [7, 11) is 0. The molecular weight excluding hydrogens is 518 g/mol. The van der Waals surface area contributed by atoms with Crippen LogP contribution in [0.25, 0.3) is 0 Å². The summed E-state index contributed by atoms with van der Waals surface area (Å²) in [5.74, 6) is 0.756. The van der Waals surface area contributed by atoms with Gasteiger partial charge in [-0.05, 0) is 75.1 Å². The highest BCUT2D eigenvalue weighted by atomic mass is 35.5. The minimum absolute atomic E-state index is 0.0295. The first-order valence-corrected chi connectivity index (χ1v) is 14.4. The molecule has 10 heteroatoms. The first kappa shape index (κ1) is 28.9. The number of carbonyl (C=O) groups excluding carboxylic acids is 3. The number of fused-ring (bicyclic) bond motifs is 1. The van der Waals surface area contributed by atoms with Gasteiger partial charge < -0.3 is 20.3 Å². The molecule has 1 aliphatic carbocycles. The van der Waals surface area contributed by atoms with Crippen molar-refractivity contribution in [2.75, 3.05) is 26.2 Å². The van der Waals surface area contributed by atoms with E-state index >= 15 is 0 Å². The molecule has 39 heavy (non-hydrogen) atoms. The summed E-state index contributed by atoms with van der Waals surface area (Å²) in [6, 6.07) is 5.24. The molecule has 2 aromatic rings. The van der Waals surface area contributed by atoms with E-state index in [2.05, 4.69) is 24.5 Å². The average molecular weight is 558 g/mol. The molecule has 9 nitrogen and oxygen atoms in total. The minimum atomic E-state index is -0.198. The third-order valence-corrected chi connectivity index (χ3v) is 7.64. The standard InChI is InChI=1S/C29H40ClN5O4/c1-19(2)11-15-35-24-9-8-22-17-23(24)28(33-35)29(38)31-12-5-14-34(13-4-6-26(36)32-22)27(37)18-39-25-10-7-21(30)16-20(25)3/h7,10,16,19,22H,4-6,8-9,11-15,17-18H2,1-3H3,(H,31,38)(H,32,36). The van der Waals surface area contributed by atoms with Crippen LogP contribution in [0.5, 0.6) is 5.75 Å². The monoisotopic (exact) mass is 557 g/mol. The van der Waals surface area contributed by atoms with E-state index < -0.39 is 0 Å². The second-order valence-corrected chi connectivity index (χ2v) is 11.4. The molecule has 3 amide bonds. The Bertz CT molecular complexity index is 1190. The first-order valence-electron chi connectivity index (χ1n) is 14.0. The van der Waals surface area contributed by atoms with Crippen LogP contribution in [0.3, 0.4) is 0 Å². The second kappa shape index (κ2) is 13.3. The van der Waals surface area contributed by atoms with Gasteiger partial charge in [0.1, 0.15) is 5.75 Å². The van der Waals surface area contributed by atoms with E-state index in [4.69, 9.17) is 21.4 Å². The zero-order valence-corrected chi connectivity index (χ0v) is 24.0. The van der Waals surface area contributed by atoms with Crippen molar-refractivity contribution in [2.45, 2.75) is 78.3 Å². The van der Waals surface area contributed by atoms with E-state index in [-0.39, 0.29) is 30.4 Å². The lowest BCUT2D eigenvalue weighted by molar-refractivity contribution is -0.134. The van der Waals surface area contributed by atoms with Crippen molar-refractivity contribution in [2.24, 2.45) is 5.92 Å². The van der Waals surface area contributed by atoms with Crippen molar-refractivity contribution in [1.82, 2.24) is 25.3 Å². The fourth-order valence-corrected chi connectivity index (χ4v) is 5.44. The fourth-order valence-electron chi connectivity index (χ4n) is 5.21. The highest BCUT2D eigenvalue weighted by Gasteiger charge is 2.30. The van der Waals surface area contributed by atoms with Crippen LogP contribution in [-0.4, -0.2) is 64.7 Å². The zero-order valence-electron chi connectivity index (χ0n) is 23.2. The van der Waals surface area contributed by atoms with Gasteiger partial charge >= 0.3 is 0 Å². The Kier molecular flexibility index (Phi) is 9.88. The van der Waals surface area contributed by atoms with Crippen molar-refractivity contribution in [3.63, 3.8) is 0 Å². The van der Waals surface area contributed by atoms with Gasteiger partial charge in [0.2, 0.25) is 5.91 Å². The van der Waals surface area contributed by atoms with Crippen LogP contribution in [0.1, 0.15) is 73.3 Å². The second-order valence-electron chi connectivity index (χ2n) is 11.0. The van der Waals surface area contributed by atoms with Gasteiger partial charge in [-0.2, -0.15) is 5.10 Å². The molecule has 2 heterocycles. The zero-order chi connectivity index (χ0) is 27.9. The largest absolute Gasteiger partial charge is 0.483 e. The highest BCUT2D eigenvalue weighted by molar-refractivity contribution is 6.30. The van der Waals surface area contributed by atoms with Crippen LogP contribution < -0.4 is 15.4 Å². The lowest BCUT2D eigenvalue weighted by Gasteiger charge is -2.25. The average Bonchev–Trinajstić information content (AvgIpc) is 3.25. The van der Waals surface area contributed by atoms with E-state index in [9.17, 15) is 14.4 Å². The fraction of sp³-hybridized carbons (Fsp3) is 0.586. The van der Waals surface area contributed by atoms with Crippen molar-refractivity contribution in [3.8, 4) is 5.75 Å². The van der Waals surface area contributed by atoms with Crippen molar-refractivity contribution in [3.05, 3.63) is 45.7 Å². The number of hydrogen-bond donors (Lipinski definition) is 2. The Morgan fingerprint density at radius 1 is 1.21 bits per heavy atom. The molecule has 0 spiro atoms. The summed E-state index contributed by atoms with van der Waals surface area (Å²) in [5, 5.41) is 11.5. The first-order chi connectivity index (χ1) is 18.7. The molecular formula is C29H40ClN5O4. The van der Waals surface area contributed by atoms with E-state index in [1.54, 1.807) is 23.1 Å². The Labute approximate surface area is 235 Å². The predicted molar refractivity (Wildman–Crippen MR) is 150 cm³/mol. The molecule has 2 bridgehead atoms. The highest BCUT2D eigenvalue weighted by Crippen LogP contribution is 2.26. The summed E-state index contributed by atoms with van der Waals surface area (Å²) < 4.78 is 7.77. The topological polar surface area (TPSA) is 106 Å². The third kappa shape index (κ3) is 7.75. The third-order valence-electron chi connectivity index (χ3n) is 7.41. The molecule has 212 valence electrons. The Morgan fingerprint density at radius 2 is 2.00 bits per heavy atom. The molecule has 2 N–H and O–H groups in total. The molecule has 0 saturated carbocycles. The molecule has 0 saturated heterocycles. The quantitative estimate of drug-likeness (QED) is 0.563. The molecule has 1 atom stereocenters. The van der Waals surface area contributed by atoms with Crippen LogP contribution in [0.4, 0.5) is 0 Å². The summed E-state index contributed by atoms with van der Waals surface area (Å²) in [4.78, 5) is 40.7. The number of amides is 3. The summed E-state index contributed by atoms with van der Waals surface area (Å²) in [6.07, 6.45) is 4.68. The molecule has 4 rings (SSSR count). The number of nitrogens with zero attached hydrogens (tertiary/aromatic N) is 3. The van der Waals surface area contributed by atoms with E-state index in [1.165, 1.54) is 0 Å². The summed E-state index contributed by atoms with van der Waals surface area (Å²) in [5.41, 5.74) is 3.38. The van der Waals surface area contributed by atoms with Crippen molar-refractivity contribution >= 4 is 29.3 Å². The van der Waals surface area contributed by atoms with Crippen LogP contribution in [-0.2, 0) is 29.0 Å². The smallest absolute Gasteiger partial charge is 0.272 e. The number of halogens is 1. The van der Waals surface area contributed by atoms with Crippen LogP contribution in [0.15, 0.2) is 18.2 Å². The number of nitrogens with one attached hydrogen (secondary N) is 2. The number of benzene rings is 1. The van der Waals surface area contributed by atoms with Gasteiger partial charge in [0.15, 0.2) is 12.3 Å². The van der Waals surface area contributed by atoms with Gasteiger partial charge in [0.25, 0.3) is 11.8 Å². The number of rotatable bonds is 6. The summed E-state index contributed by atoms with van der Waals surface area (Å²) >= 11 is 6.02. The van der Waals surface area contributed by atoms with Gasteiger partial charge in [-0.1, -0.05) is 25.4 Å². The lowest BCUT2D eigenvalue weighted by atomic mass is 9.91. The molecule has 1 aromatic carbocycles. The molecule has 1 aromatic heterocycles. The van der Waals surface area contributed by atoms with Gasteiger partial charge in [-0.25, -0.2) is 0 Å². The molecule has 0 radical (unpaired) electrons. The van der Waals surface area contributed by atoms with Crippen LogP contribution in [0, 0.1) is 12.8 Å². The maximum Gasteiger partial charge on any atom is 0.272 e. The van der Waals surface area contributed by atoms with Crippen LogP contribution in [0.2, 0.25) is 5.02 Å². The maximum atomic E-state index is 13.2. The van der Waals surface area contributed by atoms with Crippen molar-refractivity contribution in [1.29, 1.82) is 0 Å². The van der Waals surface area contributed by atoms with Gasteiger partial charge in [-0.15, -0.1) is 0 Å². The van der Waals surface area contributed by atoms with E-state index in [0.717, 1.165) is 42.6 Å². The van der Waals surface area contributed by atoms with E-state index in [1.807, 2.05) is 11.6 Å². The predicted octanol–water partition coefficient (Wildman–Crippen LogP) is 3.69. The Morgan fingerprint density at radius 3 is 2.77 bits per heavy atom.